The van der Waals surface area contributed by atoms with Gasteiger partial charge < -0.3 is 5.73 Å². The third-order valence-corrected chi connectivity index (χ3v) is 2.51. The van der Waals surface area contributed by atoms with E-state index in [0.29, 0.717) is 0 Å². The molecule has 0 aliphatic carbocycles. The topological polar surface area (TPSA) is 56.7 Å². The summed E-state index contributed by atoms with van der Waals surface area (Å²) in [5.41, 5.74) is 5.64. The molecule has 0 bridgehead atoms. The average molecular weight is 200 g/mol. The second-order valence-corrected chi connectivity index (χ2v) is 4.25. The summed E-state index contributed by atoms with van der Waals surface area (Å²) in [5, 5.41) is 4.25. The first kappa shape index (κ1) is 10.5. The Labute approximate surface area is 82.9 Å². The molecule has 0 aliphatic heterocycles. The van der Waals surface area contributed by atoms with Crippen LogP contribution in [0.3, 0.4) is 0 Å². The molecule has 0 radical (unpaired) electrons. The van der Waals surface area contributed by atoms with Gasteiger partial charge in [-0.05, 0) is 12.7 Å². The number of nitrogens with zero attached hydrogens (tertiary/aromatic N) is 3. The Kier molecular flexibility index (Phi) is 4.24. The van der Waals surface area contributed by atoms with Crippen LogP contribution in [-0.4, -0.2) is 26.3 Å². The highest BCUT2D eigenvalue weighted by atomic mass is 32.2. The smallest absolute Gasteiger partial charge is 0.166 e. The summed E-state index contributed by atoms with van der Waals surface area (Å²) in [7, 11) is 0. The maximum atomic E-state index is 5.64. The Balaban J connectivity index is 2.40. The average Bonchev–Trinajstić information content (AvgIpc) is 2.53. The van der Waals surface area contributed by atoms with E-state index in [0.717, 1.165) is 23.9 Å². The zero-order valence-corrected chi connectivity index (χ0v) is 8.92. The van der Waals surface area contributed by atoms with Crippen LogP contribution in [0.4, 0.5) is 0 Å². The largest absolute Gasteiger partial charge is 0.321 e. The standard InChI is InChI=1S/C8H16N4S/c1-3-13-5-4-12-6-10-8(11-12)7(2)9/h6-7H,3-5,9H2,1-2H3. The van der Waals surface area contributed by atoms with Gasteiger partial charge in [0.1, 0.15) is 6.33 Å². The second-order valence-electron chi connectivity index (χ2n) is 2.85. The van der Waals surface area contributed by atoms with Crippen LogP contribution in [0.5, 0.6) is 0 Å². The minimum absolute atomic E-state index is 0.0694. The molecule has 1 rings (SSSR count). The van der Waals surface area contributed by atoms with Crippen molar-refractivity contribution < 1.29 is 0 Å². The summed E-state index contributed by atoms with van der Waals surface area (Å²) in [6.45, 7) is 4.96. The normalized spacial score (nSPS) is 13.2. The van der Waals surface area contributed by atoms with E-state index >= 15 is 0 Å². The maximum absolute atomic E-state index is 5.64. The zero-order valence-electron chi connectivity index (χ0n) is 8.10. The molecule has 4 nitrogen and oxygen atoms in total. The molecule has 5 heteroatoms. The van der Waals surface area contributed by atoms with Crippen molar-refractivity contribution in [3.8, 4) is 0 Å². The fraction of sp³-hybridized carbons (Fsp3) is 0.750. The molecule has 0 saturated heterocycles. The van der Waals surface area contributed by atoms with Crippen molar-refractivity contribution in [1.29, 1.82) is 0 Å². The highest BCUT2D eigenvalue weighted by Crippen LogP contribution is 2.03. The monoisotopic (exact) mass is 200 g/mol. The van der Waals surface area contributed by atoms with Crippen LogP contribution in [0.15, 0.2) is 6.33 Å². The molecule has 1 heterocycles. The number of aryl methyl sites for hydroxylation is 1. The van der Waals surface area contributed by atoms with E-state index in [9.17, 15) is 0 Å². The number of rotatable bonds is 5. The molecule has 1 aromatic heterocycles. The third kappa shape index (κ3) is 3.36. The van der Waals surface area contributed by atoms with Gasteiger partial charge >= 0.3 is 0 Å². The molecule has 2 N–H and O–H groups in total. The number of thioether (sulfide) groups is 1. The Morgan fingerprint density at radius 2 is 2.46 bits per heavy atom. The first-order valence-corrected chi connectivity index (χ1v) is 5.62. The summed E-state index contributed by atoms with van der Waals surface area (Å²) in [6.07, 6.45) is 1.74. The Morgan fingerprint density at radius 1 is 1.69 bits per heavy atom. The van der Waals surface area contributed by atoms with Gasteiger partial charge in [-0.3, -0.25) is 4.68 Å². The molecule has 13 heavy (non-hydrogen) atoms. The van der Waals surface area contributed by atoms with Crippen LogP contribution in [0.1, 0.15) is 25.7 Å². The molecule has 0 aliphatic rings. The van der Waals surface area contributed by atoms with Crippen molar-refractivity contribution in [3.63, 3.8) is 0 Å². The van der Waals surface area contributed by atoms with E-state index in [2.05, 4.69) is 17.0 Å². The highest BCUT2D eigenvalue weighted by Gasteiger charge is 2.04. The lowest BCUT2D eigenvalue weighted by Gasteiger charge is -1.99. The summed E-state index contributed by atoms with van der Waals surface area (Å²) in [6, 6.07) is -0.0694. The summed E-state index contributed by atoms with van der Waals surface area (Å²) in [5.74, 6) is 2.95. The fourth-order valence-electron chi connectivity index (χ4n) is 0.928. The number of hydrogen-bond donors (Lipinski definition) is 1. The van der Waals surface area contributed by atoms with Gasteiger partial charge in [0, 0.05) is 5.75 Å². The van der Waals surface area contributed by atoms with E-state index < -0.39 is 0 Å². The lowest BCUT2D eigenvalue weighted by atomic mass is 10.4. The fourth-order valence-corrected chi connectivity index (χ4v) is 1.53. The summed E-state index contributed by atoms with van der Waals surface area (Å²) < 4.78 is 1.85. The van der Waals surface area contributed by atoms with Gasteiger partial charge in [0.05, 0.1) is 12.6 Å². The van der Waals surface area contributed by atoms with Crippen LogP contribution in [0.2, 0.25) is 0 Å². The minimum atomic E-state index is -0.0694. The molecule has 74 valence electrons. The lowest BCUT2D eigenvalue weighted by Crippen LogP contribution is -2.09. The van der Waals surface area contributed by atoms with Gasteiger partial charge in [-0.25, -0.2) is 4.98 Å². The van der Waals surface area contributed by atoms with Crippen LogP contribution < -0.4 is 5.73 Å². The molecule has 0 amide bonds. The number of hydrogen-bond acceptors (Lipinski definition) is 4. The number of aromatic nitrogens is 3. The molecule has 0 fully saturated rings. The highest BCUT2D eigenvalue weighted by molar-refractivity contribution is 7.99. The quantitative estimate of drug-likeness (QED) is 0.722. The Hall–Kier alpha value is -0.550. The van der Waals surface area contributed by atoms with Gasteiger partial charge in [-0.15, -0.1) is 0 Å². The van der Waals surface area contributed by atoms with E-state index in [1.54, 1.807) is 6.33 Å². The van der Waals surface area contributed by atoms with Crippen molar-refractivity contribution in [1.82, 2.24) is 14.8 Å². The molecular weight excluding hydrogens is 184 g/mol. The third-order valence-electron chi connectivity index (χ3n) is 1.63. The van der Waals surface area contributed by atoms with E-state index in [1.165, 1.54) is 0 Å². The van der Waals surface area contributed by atoms with Crippen LogP contribution in [0, 0.1) is 0 Å². The van der Waals surface area contributed by atoms with Crippen LogP contribution >= 0.6 is 11.8 Å². The molecule has 1 aromatic rings. The Morgan fingerprint density at radius 3 is 3.00 bits per heavy atom. The minimum Gasteiger partial charge on any atom is -0.321 e. The van der Waals surface area contributed by atoms with Crippen molar-refractivity contribution >= 4 is 11.8 Å². The molecule has 1 unspecified atom stereocenters. The second kappa shape index (κ2) is 5.24. The van der Waals surface area contributed by atoms with Crippen molar-refractivity contribution in [2.24, 2.45) is 5.73 Å². The van der Waals surface area contributed by atoms with Crippen molar-refractivity contribution in [3.05, 3.63) is 12.2 Å². The van der Waals surface area contributed by atoms with Crippen molar-refractivity contribution in [2.45, 2.75) is 26.4 Å². The van der Waals surface area contributed by atoms with Gasteiger partial charge in [-0.2, -0.15) is 16.9 Å². The van der Waals surface area contributed by atoms with E-state index in [4.69, 9.17) is 5.73 Å². The predicted octanol–water partition coefficient (Wildman–Crippen LogP) is 1.05. The lowest BCUT2D eigenvalue weighted by molar-refractivity contribution is 0.635. The first-order valence-electron chi connectivity index (χ1n) is 4.46. The Bertz CT molecular complexity index is 246. The molecular formula is C8H16N4S. The SMILES string of the molecule is CCSCCn1cnc(C(C)N)n1. The van der Waals surface area contributed by atoms with Gasteiger partial charge in [-0.1, -0.05) is 6.92 Å². The number of nitrogens with two attached hydrogens (primary N) is 1. The van der Waals surface area contributed by atoms with E-state index in [-0.39, 0.29) is 6.04 Å². The van der Waals surface area contributed by atoms with E-state index in [1.807, 2.05) is 23.4 Å². The molecule has 0 spiro atoms. The molecule has 0 saturated carbocycles. The molecule has 0 aromatic carbocycles. The van der Waals surface area contributed by atoms with Crippen LogP contribution in [0.25, 0.3) is 0 Å². The van der Waals surface area contributed by atoms with Gasteiger partial charge in [0.2, 0.25) is 0 Å². The molecule has 1 atom stereocenters. The summed E-state index contributed by atoms with van der Waals surface area (Å²) in [4.78, 5) is 4.11. The maximum Gasteiger partial charge on any atom is 0.166 e. The van der Waals surface area contributed by atoms with Gasteiger partial charge in [0.15, 0.2) is 5.82 Å². The first-order chi connectivity index (χ1) is 6.24. The summed E-state index contributed by atoms with van der Waals surface area (Å²) >= 11 is 1.90. The van der Waals surface area contributed by atoms with Crippen LogP contribution in [-0.2, 0) is 6.54 Å². The predicted molar refractivity (Wildman–Crippen MR) is 55.6 cm³/mol. The van der Waals surface area contributed by atoms with Gasteiger partial charge in [0.25, 0.3) is 0 Å². The van der Waals surface area contributed by atoms with Crippen molar-refractivity contribution in [2.75, 3.05) is 11.5 Å². The zero-order chi connectivity index (χ0) is 9.68.